The zero-order valence-electron chi connectivity index (χ0n) is 19.1. The molecule has 1 N–H and O–H groups in total. The van der Waals surface area contributed by atoms with Crippen LogP contribution in [-0.2, 0) is 17.3 Å². The Morgan fingerprint density at radius 3 is 2.30 bits per heavy atom. The predicted octanol–water partition coefficient (Wildman–Crippen LogP) is 6.36. The van der Waals surface area contributed by atoms with Crippen LogP contribution in [0.3, 0.4) is 0 Å². The Morgan fingerprint density at radius 2 is 1.70 bits per heavy atom. The van der Waals surface area contributed by atoms with E-state index in [1.807, 2.05) is 11.8 Å². The van der Waals surface area contributed by atoms with E-state index in [1.54, 1.807) is 13.2 Å². The highest BCUT2D eigenvalue weighted by Gasteiger charge is 2.37. The molecule has 0 amide bonds. The Hall–Kier alpha value is -1.52. The highest BCUT2D eigenvalue weighted by atomic mass is 32.2. The molecule has 1 heterocycles. The molecule has 2 aliphatic rings. The summed E-state index contributed by atoms with van der Waals surface area (Å²) in [5.41, 5.74) is 7.30. The van der Waals surface area contributed by atoms with Crippen LogP contribution in [0.2, 0.25) is 0 Å². The van der Waals surface area contributed by atoms with Crippen molar-refractivity contribution in [3.8, 4) is 16.9 Å². The summed E-state index contributed by atoms with van der Waals surface area (Å²) in [4.78, 5) is 0. The van der Waals surface area contributed by atoms with Crippen molar-refractivity contribution in [2.45, 2.75) is 70.0 Å². The molecule has 30 heavy (non-hydrogen) atoms. The van der Waals surface area contributed by atoms with Gasteiger partial charge in [-0.25, -0.2) is 4.39 Å². The fourth-order valence-corrected chi connectivity index (χ4v) is 6.05. The van der Waals surface area contributed by atoms with Gasteiger partial charge in [-0.15, -0.1) is 11.8 Å². The zero-order valence-corrected chi connectivity index (χ0v) is 19.9. The first-order chi connectivity index (χ1) is 14.1. The molecule has 4 heteroatoms. The molecule has 4 rings (SSSR count). The summed E-state index contributed by atoms with van der Waals surface area (Å²) in [6, 6.07) is 8.46. The van der Waals surface area contributed by atoms with Crippen LogP contribution in [0.25, 0.3) is 11.1 Å². The molecule has 1 fully saturated rings. The molecule has 2 nitrogen and oxygen atoms in total. The molecule has 1 saturated heterocycles. The van der Waals surface area contributed by atoms with E-state index >= 15 is 4.39 Å². The molecule has 2 aromatic carbocycles. The normalized spacial score (nSPS) is 22.0. The van der Waals surface area contributed by atoms with Crippen LogP contribution in [0.15, 0.2) is 24.3 Å². The minimum absolute atomic E-state index is 0.114. The summed E-state index contributed by atoms with van der Waals surface area (Å²) >= 11 is 1.91. The van der Waals surface area contributed by atoms with Crippen molar-refractivity contribution in [2.24, 2.45) is 0 Å². The number of aryl methyl sites for hydroxylation is 1. The lowest BCUT2D eigenvalue weighted by molar-refractivity contribution is 0.332. The van der Waals surface area contributed by atoms with Crippen LogP contribution >= 0.6 is 11.8 Å². The molecule has 0 saturated carbocycles. The van der Waals surface area contributed by atoms with Crippen molar-refractivity contribution in [3.05, 3.63) is 52.3 Å². The average molecular weight is 428 g/mol. The highest BCUT2D eigenvalue weighted by Crippen LogP contribution is 2.48. The number of hydrogen-bond acceptors (Lipinski definition) is 3. The summed E-state index contributed by atoms with van der Waals surface area (Å²) < 4.78 is 20.6. The molecule has 1 aliphatic heterocycles. The Kier molecular flexibility index (Phi) is 5.69. The van der Waals surface area contributed by atoms with Crippen molar-refractivity contribution < 1.29 is 9.13 Å². The molecule has 2 aromatic rings. The van der Waals surface area contributed by atoms with Gasteiger partial charge in [0.2, 0.25) is 0 Å². The van der Waals surface area contributed by atoms with Gasteiger partial charge in [-0.05, 0) is 83.0 Å². The lowest BCUT2D eigenvalue weighted by Gasteiger charge is -2.42. The first-order valence-corrected chi connectivity index (χ1v) is 12.0. The van der Waals surface area contributed by atoms with Gasteiger partial charge in [0.25, 0.3) is 0 Å². The maximum Gasteiger partial charge on any atom is 0.165 e. The Balaban J connectivity index is 1.86. The fourth-order valence-electron chi connectivity index (χ4n) is 5.04. The van der Waals surface area contributed by atoms with Gasteiger partial charge in [-0.2, -0.15) is 0 Å². The van der Waals surface area contributed by atoms with Gasteiger partial charge in [-0.3, -0.25) is 0 Å². The Morgan fingerprint density at radius 1 is 1.03 bits per heavy atom. The van der Waals surface area contributed by atoms with Gasteiger partial charge in [0.05, 0.1) is 7.11 Å². The van der Waals surface area contributed by atoms with E-state index < -0.39 is 0 Å². The topological polar surface area (TPSA) is 21.3 Å². The molecule has 0 spiro atoms. The first-order valence-electron chi connectivity index (χ1n) is 11.0. The Labute approximate surface area is 185 Å². The maximum atomic E-state index is 15.1. The average Bonchev–Trinajstić information content (AvgIpc) is 3.18. The SMILES string of the molecule is COc1c(F)cc(CC2CNCS2)cc1-c1cc2c(cc1C)C(C)(C)CCC2(C)C. The summed E-state index contributed by atoms with van der Waals surface area (Å²) in [5, 5.41) is 3.88. The summed E-state index contributed by atoms with van der Waals surface area (Å²) in [5.74, 6) is 1.06. The number of thioether (sulfide) groups is 1. The summed E-state index contributed by atoms with van der Waals surface area (Å²) in [6.45, 7) is 12.5. The maximum absolute atomic E-state index is 15.1. The smallest absolute Gasteiger partial charge is 0.165 e. The molecule has 0 radical (unpaired) electrons. The number of halogens is 1. The minimum atomic E-state index is -0.266. The standard InChI is InChI=1S/C26H34FNOS/c1-16-9-21-22(26(4,5)8-7-25(21,2)3)13-19(16)20-11-17(10-18-14-28-15-30-18)12-23(27)24(20)29-6/h9,11-13,18,28H,7-8,10,14-15H2,1-6H3. The van der Waals surface area contributed by atoms with E-state index in [-0.39, 0.29) is 16.6 Å². The number of nitrogens with one attached hydrogen (secondary N) is 1. The third-order valence-corrected chi connectivity index (χ3v) is 8.23. The molecule has 1 atom stereocenters. The molecule has 0 aromatic heterocycles. The number of ether oxygens (including phenoxy) is 1. The van der Waals surface area contributed by atoms with Crippen molar-refractivity contribution in [1.82, 2.24) is 5.32 Å². The molecule has 0 bridgehead atoms. The van der Waals surface area contributed by atoms with Crippen LogP contribution in [0.5, 0.6) is 5.75 Å². The second-order valence-corrected chi connectivity index (χ2v) is 11.5. The highest BCUT2D eigenvalue weighted by molar-refractivity contribution is 8.00. The van der Waals surface area contributed by atoms with Gasteiger partial charge < -0.3 is 10.1 Å². The minimum Gasteiger partial charge on any atom is -0.493 e. The summed E-state index contributed by atoms with van der Waals surface area (Å²) in [7, 11) is 1.57. The molecular formula is C26H34FNOS. The predicted molar refractivity (Wildman–Crippen MR) is 126 cm³/mol. The van der Waals surface area contributed by atoms with Crippen molar-refractivity contribution in [2.75, 3.05) is 19.5 Å². The number of benzene rings is 2. The summed E-state index contributed by atoms with van der Waals surface area (Å²) in [6.07, 6.45) is 3.22. The fraction of sp³-hybridized carbons (Fsp3) is 0.538. The third-order valence-electron chi connectivity index (χ3n) is 7.05. The van der Waals surface area contributed by atoms with Crippen LogP contribution in [-0.4, -0.2) is 24.8 Å². The van der Waals surface area contributed by atoms with E-state index in [1.165, 1.54) is 23.1 Å². The van der Waals surface area contributed by atoms with E-state index in [9.17, 15) is 0 Å². The Bertz CT molecular complexity index is 960. The quantitative estimate of drug-likeness (QED) is 0.613. The van der Waals surface area contributed by atoms with Crippen LogP contribution < -0.4 is 10.1 Å². The van der Waals surface area contributed by atoms with Gasteiger partial charge in [0, 0.05) is 23.2 Å². The van der Waals surface area contributed by atoms with Crippen LogP contribution in [0.4, 0.5) is 4.39 Å². The van der Waals surface area contributed by atoms with E-state index in [0.29, 0.717) is 11.0 Å². The molecule has 162 valence electrons. The van der Waals surface area contributed by atoms with Crippen molar-refractivity contribution >= 4 is 11.8 Å². The van der Waals surface area contributed by atoms with Crippen LogP contribution in [0, 0.1) is 12.7 Å². The van der Waals surface area contributed by atoms with Crippen molar-refractivity contribution in [1.29, 1.82) is 0 Å². The largest absolute Gasteiger partial charge is 0.493 e. The third kappa shape index (κ3) is 3.89. The van der Waals surface area contributed by atoms with Gasteiger partial charge in [-0.1, -0.05) is 33.8 Å². The van der Waals surface area contributed by atoms with Gasteiger partial charge in [0.15, 0.2) is 11.6 Å². The second kappa shape index (κ2) is 7.87. The number of methoxy groups -OCH3 is 1. The monoisotopic (exact) mass is 427 g/mol. The molecule has 1 aliphatic carbocycles. The lowest BCUT2D eigenvalue weighted by atomic mass is 9.62. The van der Waals surface area contributed by atoms with E-state index in [4.69, 9.17) is 4.74 Å². The van der Waals surface area contributed by atoms with Crippen LogP contribution in [0.1, 0.15) is 62.8 Å². The number of rotatable bonds is 4. The van der Waals surface area contributed by atoms with E-state index in [0.717, 1.165) is 42.0 Å². The van der Waals surface area contributed by atoms with Crippen molar-refractivity contribution in [3.63, 3.8) is 0 Å². The zero-order chi connectivity index (χ0) is 21.7. The molecular weight excluding hydrogens is 393 g/mol. The van der Waals surface area contributed by atoms with E-state index in [2.05, 4.69) is 58.1 Å². The number of hydrogen-bond donors (Lipinski definition) is 1. The van der Waals surface area contributed by atoms with Gasteiger partial charge in [0.1, 0.15) is 0 Å². The number of fused-ring (bicyclic) bond motifs is 1. The first kappa shape index (κ1) is 21.7. The second-order valence-electron chi connectivity index (χ2n) is 10.2. The lowest BCUT2D eigenvalue weighted by Crippen LogP contribution is -2.34. The van der Waals surface area contributed by atoms with Gasteiger partial charge >= 0.3 is 0 Å². The molecule has 1 unspecified atom stereocenters.